The van der Waals surface area contributed by atoms with Gasteiger partial charge in [0, 0.05) is 0 Å². The van der Waals surface area contributed by atoms with E-state index >= 15 is 0 Å². The Morgan fingerprint density at radius 2 is 1.40 bits per heavy atom. The van der Waals surface area contributed by atoms with Crippen LogP contribution in [-0.2, 0) is 9.59 Å². The average molecular weight is 220 g/mol. The Morgan fingerprint density at radius 1 is 1.00 bits per heavy atom. The van der Waals surface area contributed by atoms with Crippen LogP contribution >= 0.6 is 0 Å². The number of hydrogen-bond acceptors (Lipinski definition) is 3. The fourth-order valence-electron chi connectivity index (χ4n) is 1.31. The highest BCUT2D eigenvalue weighted by Crippen LogP contribution is 2.05. The molecule has 0 unspecified atom stereocenters. The smallest absolute Gasteiger partial charge is 0.309 e. The summed E-state index contributed by atoms with van der Waals surface area (Å²) in [6.45, 7) is 0.975. The van der Waals surface area contributed by atoms with Crippen molar-refractivity contribution in [2.45, 2.75) is 12.8 Å². The molecule has 0 aromatic heterocycles. The first-order valence-electron chi connectivity index (χ1n) is 4.77. The number of aliphatic carboxylic acids is 2. The van der Waals surface area contributed by atoms with Crippen molar-refractivity contribution in [3.63, 3.8) is 0 Å². The lowest BCUT2D eigenvalue weighted by Crippen LogP contribution is -2.48. The summed E-state index contributed by atoms with van der Waals surface area (Å²) in [6.07, 6.45) is -0.0355. The van der Waals surface area contributed by atoms with Gasteiger partial charge in [0.25, 0.3) is 0 Å². The van der Waals surface area contributed by atoms with Gasteiger partial charge in [0.05, 0.1) is 39.6 Å². The monoisotopic (exact) mass is 220 g/mol. The highest BCUT2D eigenvalue weighted by Gasteiger charge is 2.23. The third-order valence-electron chi connectivity index (χ3n) is 2.37. The number of nitrogens with zero attached hydrogens (tertiary/aromatic N) is 1. The van der Waals surface area contributed by atoms with E-state index in [2.05, 4.69) is 0 Å². The zero-order valence-corrected chi connectivity index (χ0v) is 8.85. The van der Waals surface area contributed by atoms with Crippen LogP contribution in [0, 0.1) is 0 Å². The third-order valence-corrected chi connectivity index (χ3v) is 2.37. The molecule has 0 aromatic rings. The molecule has 0 fully saturated rings. The number of hydrogen-bond donors (Lipinski definition) is 3. The van der Waals surface area contributed by atoms with Gasteiger partial charge in [-0.05, 0) is 0 Å². The van der Waals surface area contributed by atoms with Crippen LogP contribution < -0.4 is 0 Å². The second-order valence-corrected chi connectivity index (χ2v) is 3.80. The van der Waals surface area contributed by atoms with Gasteiger partial charge in [0.2, 0.25) is 0 Å². The lowest BCUT2D eigenvalue weighted by molar-refractivity contribution is -0.908. The van der Waals surface area contributed by atoms with Gasteiger partial charge >= 0.3 is 11.9 Å². The molecule has 88 valence electrons. The summed E-state index contributed by atoms with van der Waals surface area (Å²) in [4.78, 5) is 20.8. The quantitative estimate of drug-likeness (QED) is 0.474. The molecule has 0 saturated carbocycles. The van der Waals surface area contributed by atoms with Gasteiger partial charge in [0.15, 0.2) is 0 Å². The Bertz CT molecular complexity index is 211. The Morgan fingerprint density at radius 3 is 1.67 bits per heavy atom. The number of likely N-dealkylation sites (N-methyl/N-ethyl adjacent to an activating group) is 1. The van der Waals surface area contributed by atoms with Crippen molar-refractivity contribution in [3.05, 3.63) is 0 Å². The molecule has 0 bridgehead atoms. The number of carbonyl (C=O) groups is 2. The number of carboxylic acids is 2. The van der Waals surface area contributed by atoms with Crippen molar-refractivity contribution >= 4 is 11.9 Å². The van der Waals surface area contributed by atoms with Crippen LogP contribution in [0.5, 0.6) is 0 Å². The number of rotatable bonds is 8. The van der Waals surface area contributed by atoms with Crippen LogP contribution in [0.1, 0.15) is 12.8 Å². The van der Waals surface area contributed by atoms with Crippen molar-refractivity contribution in [3.8, 4) is 0 Å². The van der Waals surface area contributed by atoms with E-state index in [1.807, 2.05) is 0 Å². The van der Waals surface area contributed by atoms with Gasteiger partial charge < -0.3 is 19.8 Å². The van der Waals surface area contributed by atoms with Crippen LogP contribution in [-0.4, -0.2) is 65.0 Å². The van der Waals surface area contributed by atoms with Crippen molar-refractivity contribution in [2.75, 3.05) is 33.3 Å². The normalized spacial score (nSPS) is 11.3. The second-order valence-electron chi connectivity index (χ2n) is 3.80. The van der Waals surface area contributed by atoms with E-state index in [9.17, 15) is 9.59 Å². The molecular formula is C9H18NO5+. The molecule has 3 N–H and O–H groups in total. The molecular weight excluding hydrogens is 202 g/mol. The van der Waals surface area contributed by atoms with Gasteiger partial charge in [-0.2, -0.15) is 0 Å². The van der Waals surface area contributed by atoms with E-state index in [4.69, 9.17) is 15.3 Å². The highest BCUT2D eigenvalue weighted by molar-refractivity contribution is 5.67. The molecule has 0 aliphatic rings. The molecule has 0 amide bonds. The van der Waals surface area contributed by atoms with Crippen LogP contribution in [0.3, 0.4) is 0 Å². The molecule has 0 saturated heterocycles. The first-order valence-corrected chi connectivity index (χ1v) is 4.77. The molecule has 0 aliphatic carbocycles. The first kappa shape index (κ1) is 13.9. The number of aliphatic hydroxyl groups excluding tert-OH is 1. The van der Waals surface area contributed by atoms with Crippen LogP contribution in [0.25, 0.3) is 0 Å². The molecule has 0 aromatic carbocycles. The minimum Gasteiger partial charge on any atom is -0.481 e. The van der Waals surface area contributed by atoms with Crippen molar-refractivity contribution in [1.82, 2.24) is 0 Å². The Kier molecular flexibility index (Phi) is 5.88. The Labute approximate surface area is 88.3 Å². The van der Waals surface area contributed by atoms with Gasteiger partial charge in [-0.3, -0.25) is 9.59 Å². The van der Waals surface area contributed by atoms with E-state index in [-0.39, 0.29) is 23.9 Å². The maximum absolute atomic E-state index is 10.4. The van der Waals surface area contributed by atoms with Gasteiger partial charge in [-0.1, -0.05) is 0 Å². The van der Waals surface area contributed by atoms with Crippen LogP contribution in [0.4, 0.5) is 0 Å². The summed E-state index contributed by atoms with van der Waals surface area (Å²) in [6, 6.07) is 0. The van der Waals surface area contributed by atoms with Gasteiger partial charge in [0.1, 0.15) is 6.54 Å². The van der Waals surface area contributed by atoms with E-state index in [1.54, 1.807) is 7.05 Å². The fourth-order valence-corrected chi connectivity index (χ4v) is 1.31. The predicted octanol–water partition coefficient (Wildman–Crippen LogP) is -0.625. The summed E-state index contributed by atoms with van der Waals surface area (Å²) in [5.41, 5.74) is 0. The van der Waals surface area contributed by atoms with Gasteiger partial charge in [-0.15, -0.1) is 0 Å². The SMILES string of the molecule is C[N+](CCO)(CCC(=O)O)CCC(=O)O. The maximum atomic E-state index is 10.4. The second kappa shape index (κ2) is 6.36. The lowest BCUT2D eigenvalue weighted by atomic mass is 10.2. The van der Waals surface area contributed by atoms with E-state index in [0.29, 0.717) is 19.6 Å². The largest absolute Gasteiger partial charge is 0.481 e. The predicted molar refractivity (Wildman–Crippen MR) is 52.4 cm³/mol. The van der Waals surface area contributed by atoms with Crippen molar-refractivity contribution < 1.29 is 29.4 Å². The summed E-state index contributed by atoms with van der Waals surface area (Å²) in [5.74, 6) is -1.82. The Balaban J connectivity index is 4.17. The fraction of sp³-hybridized carbons (Fsp3) is 0.778. The minimum absolute atomic E-state index is 0.0177. The molecule has 0 aliphatic heterocycles. The summed E-state index contributed by atoms with van der Waals surface area (Å²) in [7, 11) is 1.75. The molecule has 0 spiro atoms. The molecule has 0 radical (unpaired) electrons. The molecule has 0 heterocycles. The standard InChI is InChI=1S/C9H17NO5/c1-10(6-7-11,4-2-8(12)13)5-3-9(14)15/h11H,2-7H2,1H3,(H-,12,13,14,15)/p+1. The lowest BCUT2D eigenvalue weighted by Gasteiger charge is -2.33. The van der Waals surface area contributed by atoms with E-state index in [1.165, 1.54) is 0 Å². The minimum atomic E-state index is -0.910. The van der Waals surface area contributed by atoms with Crippen molar-refractivity contribution in [1.29, 1.82) is 0 Å². The zero-order valence-electron chi connectivity index (χ0n) is 8.85. The average Bonchev–Trinajstić information content (AvgIpc) is 2.13. The number of aliphatic hydroxyl groups is 1. The number of quaternary nitrogens is 1. The molecule has 15 heavy (non-hydrogen) atoms. The summed E-state index contributed by atoms with van der Waals surface area (Å²) < 4.78 is 0.273. The van der Waals surface area contributed by atoms with E-state index in [0.717, 1.165) is 0 Å². The van der Waals surface area contributed by atoms with Crippen LogP contribution in [0.2, 0.25) is 0 Å². The topological polar surface area (TPSA) is 94.8 Å². The number of carboxylic acid groups (broad SMARTS) is 2. The van der Waals surface area contributed by atoms with E-state index < -0.39 is 11.9 Å². The molecule has 6 heteroatoms. The molecule has 0 atom stereocenters. The van der Waals surface area contributed by atoms with Gasteiger partial charge in [-0.25, -0.2) is 0 Å². The Hall–Kier alpha value is -1.14. The highest BCUT2D eigenvalue weighted by atomic mass is 16.4. The van der Waals surface area contributed by atoms with Crippen molar-refractivity contribution in [2.24, 2.45) is 0 Å². The summed E-state index contributed by atoms with van der Waals surface area (Å²) in [5, 5.41) is 25.9. The molecule has 6 nitrogen and oxygen atoms in total. The summed E-state index contributed by atoms with van der Waals surface area (Å²) >= 11 is 0. The first-order chi connectivity index (χ1) is 6.89. The zero-order chi connectivity index (χ0) is 11.9. The third kappa shape index (κ3) is 6.87. The van der Waals surface area contributed by atoms with Crippen LogP contribution in [0.15, 0.2) is 0 Å². The molecule has 0 rings (SSSR count). The maximum Gasteiger partial charge on any atom is 0.309 e.